The zero-order valence-electron chi connectivity index (χ0n) is 19.5. The van der Waals surface area contributed by atoms with Crippen LogP contribution in [-0.4, -0.2) is 40.2 Å². The van der Waals surface area contributed by atoms with E-state index in [9.17, 15) is 18.0 Å². The van der Waals surface area contributed by atoms with E-state index in [1.807, 2.05) is 20.8 Å². The van der Waals surface area contributed by atoms with Gasteiger partial charge in [-0.05, 0) is 58.2 Å². The van der Waals surface area contributed by atoms with Gasteiger partial charge in [0.05, 0.1) is 23.3 Å². The van der Waals surface area contributed by atoms with E-state index in [0.29, 0.717) is 24.9 Å². The van der Waals surface area contributed by atoms with Gasteiger partial charge in [-0.2, -0.15) is 17.6 Å². The third kappa shape index (κ3) is 5.94. The summed E-state index contributed by atoms with van der Waals surface area (Å²) in [5, 5.41) is 2.73. The van der Waals surface area contributed by atoms with Gasteiger partial charge in [0.25, 0.3) is 0 Å². The number of anilines is 2. The second-order valence-corrected chi connectivity index (χ2v) is 9.29. The lowest BCUT2D eigenvalue weighted by Crippen LogP contribution is -2.47. The van der Waals surface area contributed by atoms with Gasteiger partial charge in [-0.15, -0.1) is 0 Å². The Kier molecular flexibility index (Phi) is 7.35. The minimum atomic E-state index is -4.43. The number of carbonyl (C=O) groups excluding carboxylic acids is 1. The molecule has 1 fully saturated rings. The van der Waals surface area contributed by atoms with Crippen molar-refractivity contribution >= 4 is 17.5 Å². The van der Waals surface area contributed by atoms with Gasteiger partial charge in [-0.3, -0.25) is 4.79 Å². The van der Waals surface area contributed by atoms with Crippen molar-refractivity contribution in [3.8, 4) is 0 Å². The molecule has 34 heavy (non-hydrogen) atoms. The Morgan fingerprint density at radius 3 is 2.41 bits per heavy atom. The van der Waals surface area contributed by atoms with E-state index in [2.05, 4.69) is 15.3 Å². The second kappa shape index (κ2) is 9.73. The third-order valence-electron chi connectivity index (χ3n) is 5.53. The summed E-state index contributed by atoms with van der Waals surface area (Å²) < 4.78 is 60.0. The van der Waals surface area contributed by atoms with Crippen LogP contribution in [-0.2, 0) is 15.7 Å². The molecule has 1 aromatic carbocycles. The molecule has 7 nitrogen and oxygen atoms in total. The molecular weight excluding hydrogens is 454 g/mol. The van der Waals surface area contributed by atoms with E-state index in [-0.39, 0.29) is 17.7 Å². The van der Waals surface area contributed by atoms with Gasteiger partial charge in [-0.1, -0.05) is 12.1 Å². The summed E-state index contributed by atoms with van der Waals surface area (Å²) in [6.45, 7) is 7.57. The quantitative estimate of drug-likeness (QED) is 0.566. The predicted molar refractivity (Wildman–Crippen MR) is 120 cm³/mol. The maximum Gasteiger partial charge on any atom is 0.416 e. The second-order valence-electron chi connectivity index (χ2n) is 9.29. The number of aromatic nitrogens is 2. The molecule has 1 aliphatic heterocycles. The van der Waals surface area contributed by atoms with Crippen molar-refractivity contribution in [2.75, 3.05) is 16.8 Å². The van der Waals surface area contributed by atoms with Gasteiger partial charge < -0.3 is 20.7 Å². The van der Waals surface area contributed by atoms with Crippen LogP contribution in [0.2, 0.25) is 0 Å². The normalized spacial score (nSPS) is 18.6. The molecule has 3 rings (SSSR count). The van der Waals surface area contributed by atoms with Crippen LogP contribution in [0.4, 0.5) is 29.2 Å². The molecule has 3 N–H and O–H groups in total. The fourth-order valence-corrected chi connectivity index (χ4v) is 4.12. The maximum absolute atomic E-state index is 15.5. The van der Waals surface area contributed by atoms with Crippen molar-refractivity contribution < 1.29 is 27.1 Å². The van der Waals surface area contributed by atoms with Gasteiger partial charge >= 0.3 is 6.18 Å². The first-order valence-electron chi connectivity index (χ1n) is 11.0. The van der Waals surface area contributed by atoms with Gasteiger partial charge in [0, 0.05) is 6.54 Å². The number of amides is 1. The number of benzene rings is 1. The van der Waals surface area contributed by atoms with E-state index in [4.69, 9.17) is 10.5 Å². The molecule has 0 spiro atoms. The number of hydrogen-bond acceptors (Lipinski definition) is 6. The number of primary amides is 1. The van der Waals surface area contributed by atoms with Crippen LogP contribution in [0.1, 0.15) is 57.7 Å². The van der Waals surface area contributed by atoms with E-state index >= 15 is 4.39 Å². The lowest BCUT2D eigenvalue weighted by Gasteiger charge is -2.30. The molecule has 1 amide bonds. The number of rotatable bonds is 7. The van der Waals surface area contributed by atoms with Gasteiger partial charge in [0.15, 0.2) is 11.6 Å². The molecule has 186 valence electrons. The number of nitrogens with zero attached hydrogens (tertiary/aromatic N) is 3. The average Bonchev–Trinajstić information content (AvgIpc) is 3.20. The Morgan fingerprint density at radius 1 is 1.21 bits per heavy atom. The SMILES string of the molecule is CC(OC(C)(C)C)[C@@H](Nc1ncnc(N2CCCC2c2ccc(C(F)(F)F)cc2)c1F)C(N)=O. The van der Waals surface area contributed by atoms with E-state index in [1.165, 1.54) is 12.1 Å². The van der Waals surface area contributed by atoms with Crippen LogP contribution >= 0.6 is 0 Å². The van der Waals surface area contributed by atoms with Crippen LogP contribution in [0.15, 0.2) is 30.6 Å². The van der Waals surface area contributed by atoms with Crippen molar-refractivity contribution in [1.82, 2.24) is 9.97 Å². The van der Waals surface area contributed by atoms with Gasteiger partial charge in [0.1, 0.15) is 12.4 Å². The summed E-state index contributed by atoms with van der Waals surface area (Å²) in [7, 11) is 0. The largest absolute Gasteiger partial charge is 0.416 e. The molecule has 0 saturated carbocycles. The van der Waals surface area contributed by atoms with Crippen molar-refractivity contribution in [3.05, 3.63) is 47.5 Å². The van der Waals surface area contributed by atoms with Crippen LogP contribution in [0.25, 0.3) is 0 Å². The summed E-state index contributed by atoms with van der Waals surface area (Å²) >= 11 is 0. The van der Waals surface area contributed by atoms with Crippen molar-refractivity contribution in [2.24, 2.45) is 5.73 Å². The zero-order valence-corrected chi connectivity index (χ0v) is 19.5. The summed E-state index contributed by atoms with van der Waals surface area (Å²) in [6.07, 6.45) is -2.62. The van der Waals surface area contributed by atoms with Crippen molar-refractivity contribution in [1.29, 1.82) is 0 Å². The summed E-state index contributed by atoms with van der Waals surface area (Å²) in [6, 6.07) is 3.43. The fraction of sp³-hybridized carbons (Fsp3) is 0.522. The molecule has 3 atom stereocenters. The highest BCUT2D eigenvalue weighted by atomic mass is 19.4. The standard InChI is InChI=1S/C23H29F4N5O2/c1-13(34-22(2,3)4)18(19(28)33)31-20-17(24)21(30-12-29-20)32-11-5-6-16(32)14-7-9-15(10-8-14)23(25,26)27/h7-10,12-13,16,18H,5-6,11H2,1-4H3,(H2,28,33)(H,29,30,31)/t13?,16?,18-/m1/s1. The third-order valence-corrected chi connectivity index (χ3v) is 5.53. The number of ether oxygens (including phenoxy) is 1. The molecule has 1 aromatic heterocycles. The first-order chi connectivity index (χ1) is 15.8. The Morgan fingerprint density at radius 2 is 1.85 bits per heavy atom. The molecule has 1 saturated heterocycles. The van der Waals surface area contributed by atoms with Crippen LogP contribution in [0.5, 0.6) is 0 Å². The number of alkyl halides is 3. The average molecular weight is 484 g/mol. The molecule has 2 unspecified atom stereocenters. The lowest BCUT2D eigenvalue weighted by atomic mass is 10.0. The minimum absolute atomic E-state index is 0.00693. The smallest absolute Gasteiger partial charge is 0.370 e. The Bertz CT molecular complexity index is 1010. The number of nitrogens with one attached hydrogen (secondary N) is 1. The Balaban J connectivity index is 1.86. The summed E-state index contributed by atoms with van der Waals surface area (Å²) in [5.41, 5.74) is 4.84. The van der Waals surface area contributed by atoms with Crippen LogP contribution in [0.3, 0.4) is 0 Å². The van der Waals surface area contributed by atoms with Gasteiger partial charge in [-0.25, -0.2) is 9.97 Å². The molecule has 0 radical (unpaired) electrons. The van der Waals surface area contributed by atoms with E-state index in [0.717, 1.165) is 18.5 Å². The van der Waals surface area contributed by atoms with Crippen molar-refractivity contribution in [2.45, 2.75) is 70.5 Å². The molecule has 0 aliphatic carbocycles. The predicted octanol–water partition coefficient (Wildman–Crippen LogP) is 4.45. The number of hydrogen-bond donors (Lipinski definition) is 2. The summed E-state index contributed by atoms with van der Waals surface area (Å²) in [5.74, 6) is -1.74. The van der Waals surface area contributed by atoms with Crippen LogP contribution < -0.4 is 16.0 Å². The first-order valence-corrected chi connectivity index (χ1v) is 11.0. The fourth-order valence-electron chi connectivity index (χ4n) is 4.12. The topological polar surface area (TPSA) is 93.4 Å². The molecular formula is C23H29F4N5O2. The molecule has 1 aliphatic rings. The van der Waals surface area contributed by atoms with Crippen LogP contribution in [0, 0.1) is 5.82 Å². The number of nitrogens with two attached hydrogens (primary N) is 1. The van der Waals surface area contributed by atoms with E-state index in [1.54, 1.807) is 11.8 Å². The Hall–Kier alpha value is -2.95. The molecule has 2 aromatic rings. The zero-order chi connectivity index (χ0) is 25.3. The Labute approximate surface area is 195 Å². The van der Waals surface area contributed by atoms with Gasteiger partial charge in [0.2, 0.25) is 11.7 Å². The highest BCUT2D eigenvalue weighted by Gasteiger charge is 2.34. The molecule has 0 bridgehead atoms. The molecule has 2 heterocycles. The maximum atomic E-state index is 15.5. The number of carbonyl (C=O) groups is 1. The van der Waals surface area contributed by atoms with E-state index < -0.39 is 41.2 Å². The lowest BCUT2D eigenvalue weighted by molar-refractivity contribution is -0.137. The first kappa shape index (κ1) is 25.7. The molecule has 11 heteroatoms. The summed E-state index contributed by atoms with van der Waals surface area (Å²) in [4.78, 5) is 21.8. The highest BCUT2D eigenvalue weighted by molar-refractivity contribution is 5.83. The highest BCUT2D eigenvalue weighted by Crippen LogP contribution is 2.38. The van der Waals surface area contributed by atoms with Crippen molar-refractivity contribution in [3.63, 3.8) is 0 Å². The number of halogens is 4. The minimum Gasteiger partial charge on any atom is -0.370 e. The monoisotopic (exact) mass is 483 g/mol.